The smallest absolute Gasteiger partial charge is 0.349 e. The minimum absolute atomic E-state index is 0.391. The molecule has 0 aliphatic rings. The van der Waals surface area contributed by atoms with Crippen molar-refractivity contribution >= 4 is 27.9 Å². The van der Waals surface area contributed by atoms with Crippen LogP contribution in [0.25, 0.3) is 0 Å². The third-order valence-corrected chi connectivity index (χ3v) is 1.77. The van der Waals surface area contributed by atoms with Crippen molar-refractivity contribution in [2.45, 2.75) is 0 Å². The molecule has 1 N–H and O–H groups in total. The van der Waals surface area contributed by atoms with Gasteiger partial charge in [0.25, 0.3) is 0 Å². The monoisotopic (exact) mass is 229 g/mol. The standard InChI is InChI=1S/C8H8BrNO2/c1-10-7-4-2-6(3-5-7)8(11)12-9/h2-5,10H,1H3. The van der Waals surface area contributed by atoms with Gasteiger partial charge in [0.1, 0.15) is 0 Å². The summed E-state index contributed by atoms with van der Waals surface area (Å²) in [6.45, 7) is 0. The second-order valence-corrected chi connectivity index (χ2v) is 2.52. The maximum atomic E-state index is 10.9. The average Bonchev–Trinajstić information content (AvgIpc) is 2.17. The van der Waals surface area contributed by atoms with Gasteiger partial charge in [-0.25, -0.2) is 4.79 Å². The van der Waals surface area contributed by atoms with Crippen molar-refractivity contribution in [3.63, 3.8) is 0 Å². The molecule has 12 heavy (non-hydrogen) atoms. The number of rotatable bonds is 2. The van der Waals surface area contributed by atoms with E-state index in [2.05, 4.69) is 25.4 Å². The van der Waals surface area contributed by atoms with Crippen LogP contribution in [-0.4, -0.2) is 13.0 Å². The Bertz CT molecular complexity index is 271. The first-order chi connectivity index (χ1) is 5.77. The predicted molar refractivity (Wildman–Crippen MR) is 50.3 cm³/mol. The lowest BCUT2D eigenvalue weighted by molar-refractivity contribution is 0.0782. The van der Waals surface area contributed by atoms with Crippen LogP contribution in [0.15, 0.2) is 24.3 Å². The molecule has 0 fully saturated rings. The second kappa shape index (κ2) is 4.11. The fraction of sp³-hybridized carbons (Fsp3) is 0.125. The quantitative estimate of drug-likeness (QED) is 0.846. The van der Waals surface area contributed by atoms with Gasteiger partial charge in [-0.3, -0.25) is 0 Å². The van der Waals surface area contributed by atoms with E-state index in [-0.39, 0.29) is 0 Å². The van der Waals surface area contributed by atoms with Crippen LogP contribution in [0, 0.1) is 0 Å². The van der Waals surface area contributed by atoms with Crippen molar-refractivity contribution < 1.29 is 8.62 Å². The zero-order chi connectivity index (χ0) is 8.97. The van der Waals surface area contributed by atoms with E-state index in [0.717, 1.165) is 5.69 Å². The molecule has 1 rings (SSSR count). The molecule has 0 unspecified atom stereocenters. The maximum Gasteiger partial charge on any atom is 0.349 e. The van der Waals surface area contributed by atoms with Gasteiger partial charge < -0.3 is 9.15 Å². The molecule has 0 saturated carbocycles. The minimum atomic E-state index is -0.391. The summed E-state index contributed by atoms with van der Waals surface area (Å²) in [5, 5.41) is 2.95. The van der Waals surface area contributed by atoms with Crippen molar-refractivity contribution in [3.8, 4) is 0 Å². The Balaban J connectivity index is 2.84. The average molecular weight is 230 g/mol. The van der Waals surface area contributed by atoms with Crippen LogP contribution >= 0.6 is 16.3 Å². The van der Waals surface area contributed by atoms with E-state index >= 15 is 0 Å². The van der Waals surface area contributed by atoms with Crippen LogP contribution < -0.4 is 5.32 Å². The van der Waals surface area contributed by atoms with Crippen LogP contribution in [-0.2, 0) is 3.83 Å². The maximum absolute atomic E-state index is 10.9. The van der Waals surface area contributed by atoms with Crippen molar-refractivity contribution in [3.05, 3.63) is 29.8 Å². The molecule has 0 heterocycles. The Kier molecular flexibility index (Phi) is 3.10. The summed E-state index contributed by atoms with van der Waals surface area (Å²) < 4.78 is 4.36. The van der Waals surface area contributed by atoms with Crippen molar-refractivity contribution in [1.82, 2.24) is 0 Å². The number of hydrogen-bond acceptors (Lipinski definition) is 3. The highest BCUT2D eigenvalue weighted by Gasteiger charge is 2.04. The van der Waals surface area contributed by atoms with Crippen LogP contribution in [0.5, 0.6) is 0 Å². The van der Waals surface area contributed by atoms with E-state index in [0.29, 0.717) is 5.56 Å². The minimum Gasteiger partial charge on any atom is -0.388 e. The summed E-state index contributed by atoms with van der Waals surface area (Å²) in [5.41, 5.74) is 1.48. The Morgan fingerprint density at radius 2 is 2.00 bits per heavy atom. The highest BCUT2D eigenvalue weighted by molar-refractivity contribution is 9.06. The lowest BCUT2D eigenvalue weighted by atomic mass is 10.2. The van der Waals surface area contributed by atoms with Gasteiger partial charge in [0.05, 0.1) is 5.56 Å². The van der Waals surface area contributed by atoms with Crippen molar-refractivity contribution in [2.24, 2.45) is 0 Å². The summed E-state index contributed by atoms with van der Waals surface area (Å²) in [4.78, 5) is 10.9. The molecular formula is C8H8BrNO2. The van der Waals surface area contributed by atoms with Crippen LogP contribution in [0.3, 0.4) is 0 Å². The van der Waals surface area contributed by atoms with Crippen LogP contribution in [0.1, 0.15) is 10.4 Å². The van der Waals surface area contributed by atoms with E-state index in [4.69, 9.17) is 0 Å². The third-order valence-electron chi connectivity index (χ3n) is 1.48. The molecule has 0 amide bonds. The molecule has 3 nitrogen and oxygen atoms in total. The fourth-order valence-corrected chi connectivity index (χ4v) is 1.00. The van der Waals surface area contributed by atoms with Crippen LogP contribution in [0.4, 0.5) is 5.69 Å². The fourth-order valence-electron chi connectivity index (χ4n) is 0.818. The Morgan fingerprint density at radius 3 is 2.42 bits per heavy atom. The zero-order valence-electron chi connectivity index (χ0n) is 6.50. The topological polar surface area (TPSA) is 38.3 Å². The van der Waals surface area contributed by atoms with Gasteiger partial charge in [-0.1, -0.05) is 0 Å². The van der Waals surface area contributed by atoms with Crippen molar-refractivity contribution in [2.75, 3.05) is 12.4 Å². The molecule has 0 bridgehead atoms. The zero-order valence-corrected chi connectivity index (χ0v) is 8.09. The Hall–Kier alpha value is -1.03. The summed E-state index contributed by atoms with van der Waals surface area (Å²) >= 11 is 2.62. The van der Waals surface area contributed by atoms with E-state index in [9.17, 15) is 4.79 Å². The number of anilines is 1. The number of hydrogen-bond donors (Lipinski definition) is 1. The first-order valence-corrected chi connectivity index (χ1v) is 4.03. The molecule has 64 valence electrons. The molecule has 4 heteroatoms. The first kappa shape index (κ1) is 9.06. The predicted octanol–water partition coefficient (Wildman–Crippen LogP) is 2.20. The molecule has 1 aromatic rings. The van der Waals surface area contributed by atoms with Gasteiger partial charge >= 0.3 is 5.97 Å². The Morgan fingerprint density at radius 1 is 1.42 bits per heavy atom. The Labute approximate surface area is 79.2 Å². The molecule has 0 saturated heterocycles. The van der Waals surface area contributed by atoms with E-state index in [1.165, 1.54) is 0 Å². The molecule has 1 aromatic carbocycles. The molecule has 0 atom stereocenters. The molecule has 0 aliphatic carbocycles. The summed E-state index contributed by atoms with van der Waals surface area (Å²) in [6, 6.07) is 6.99. The van der Waals surface area contributed by atoms with Gasteiger partial charge in [-0.05, 0) is 24.3 Å². The van der Waals surface area contributed by atoms with Crippen molar-refractivity contribution in [1.29, 1.82) is 0 Å². The molecular weight excluding hydrogens is 222 g/mol. The van der Waals surface area contributed by atoms with Gasteiger partial charge in [-0.15, -0.1) is 0 Å². The van der Waals surface area contributed by atoms with E-state index in [1.807, 2.05) is 7.05 Å². The largest absolute Gasteiger partial charge is 0.388 e. The molecule has 0 aromatic heterocycles. The van der Waals surface area contributed by atoms with Crippen LogP contribution in [0.2, 0.25) is 0 Å². The van der Waals surface area contributed by atoms with Gasteiger partial charge in [-0.2, -0.15) is 0 Å². The first-order valence-electron chi connectivity index (χ1n) is 3.38. The number of halogens is 1. The normalized spacial score (nSPS) is 9.17. The van der Waals surface area contributed by atoms with E-state index < -0.39 is 5.97 Å². The summed E-state index contributed by atoms with van der Waals surface area (Å²) in [5.74, 6) is -0.391. The molecule has 0 spiro atoms. The molecule has 0 aliphatic heterocycles. The molecule has 0 radical (unpaired) electrons. The number of carbonyl (C=O) groups is 1. The number of carbonyl (C=O) groups excluding carboxylic acids is 1. The second-order valence-electron chi connectivity index (χ2n) is 2.19. The SMILES string of the molecule is CNc1ccc(C(=O)OBr)cc1. The summed E-state index contributed by atoms with van der Waals surface area (Å²) in [7, 11) is 1.82. The highest BCUT2D eigenvalue weighted by Crippen LogP contribution is 2.10. The van der Waals surface area contributed by atoms with Gasteiger partial charge in [0, 0.05) is 12.7 Å². The number of benzene rings is 1. The summed E-state index contributed by atoms with van der Waals surface area (Å²) in [6.07, 6.45) is 0. The third kappa shape index (κ3) is 1.98. The number of nitrogens with one attached hydrogen (secondary N) is 1. The van der Waals surface area contributed by atoms with E-state index in [1.54, 1.807) is 24.3 Å². The van der Waals surface area contributed by atoms with Gasteiger partial charge in [0.2, 0.25) is 0 Å². The lowest BCUT2D eigenvalue weighted by Crippen LogP contribution is -1.97. The van der Waals surface area contributed by atoms with Gasteiger partial charge in [0.15, 0.2) is 16.3 Å². The lowest BCUT2D eigenvalue weighted by Gasteiger charge is -2.00. The highest BCUT2D eigenvalue weighted by atomic mass is 79.9.